The molecule has 0 saturated heterocycles. The summed E-state index contributed by atoms with van der Waals surface area (Å²) in [6.07, 6.45) is 7.03. The van der Waals surface area contributed by atoms with Gasteiger partial charge in [0.1, 0.15) is 0 Å². The van der Waals surface area contributed by atoms with E-state index in [1.807, 2.05) is 24.5 Å². The van der Waals surface area contributed by atoms with Gasteiger partial charge < -0.3 is 9.88 Å². The summed E-state index contributed by atoms with van der Waals surface area (Å²) in [4.78, 5) is 15.9. The van der Waals surface area contributed by atoms with Crippen molar-refractivity contribution in [3.05, 3.63) is 58.3 Å². The van der Waals surface area contributed by atoms with E-state index in [1.165, 1.54) is 12.0 Å². The van der Waals surface area contributed by atoms with Crippen molar-refractivity contribution >= 4 is 5.69 Å². The fraction of sp³-hybridized carbons (Fsp3) is 0.333. The molecule has 0 amide bonds. The molecule has 3 rings (SSSR count). The first kappa shape index (κ1) is 12.0. The topological polar surface area (TPSA) is 46.9 Å². The van der Waals surface area contributed by atoms with E-state index in [4.69, 9.17) is 0 Å². The molecule has 0 saturated carbocycles. The first-order valence-corrected chi connectivity index (χ1v) is 6.61. The van der Waals surface area contributed by atoms with Gasteiger partial charge in [-0.2, -0.15) is 0 Å². The van der Waals surface area contributed by atoms with E-state index in [9.17, 15) is 4.79 Å². The van der Waals surface area contributed by atoms with E-state index in [-0.39, 0.29) is 11.6 Å². The minimum atomic E-state index is 0.00715. The first-order valence-electron chi connectivity index (χ1n) is 6.61. The molecule has 0 fully saturated rings. The van der Waals surface area contributed by atoms with Gasteiger partial charge in [-0.1, -0.05) is 6.07 Å². The number of hydrogen-bond acceptors (Lipinski definition) is 3. The molecule has 4 heteroatoms. The summed E-state index contributed by atoms with van der Waals surface area (Å²) in [5.74, 6) is 0. The highest BCUT2D eigenvalue weighted by atomic mass is 16.1. The third kappa shape index (κ3) is 2.38. The molecule has 1 aliphatic rings. The molecule has 1 atom stereocenters. The maximum Gasteiger partial charge on any atom is 0.250 e. The highest BCUT2D eigenvalue weighted by Crippen LogP contribution is 2.30. The van der Waals surface area contributed by atoms with Crippen LogP contribution in [-0.2, 0) is 13.5 Å². The molecule has 1 unspecified atom stereocenters. The molecule has 0 bridgehead atoms. The van der Waals surface area contributed by atoms with Crippen molar-refractivity contribution in [2.75, 3.05) is 5.32 Å². The Balaban J connectivity index is 1.88. The van der Waals surface area contributed by atoms with Gasteiger partial charge in [0, 0.05) is 25.5 Å². The smallest absolute Gasteiger partial charge is 0.250 e. The van der Waals surface area contributed by atoms with Crippen LogP contribution < -0.4 is 10.9 Å². The van der Waals surface area contributed by atoms with Gasteiger partial charge in [0.05, 0.1) is 17.4 Å². The summed E-state index contributed by atoms with van der Waals surface area (Å²) < 4.78 is 1.59. The molecule has 2 heterocycles. The SMILES string of the molecule is Cn1cc(NC2CCCc3cccnc32)ccc1=O. The first-order chi connectivity index (χ1) is 9.24. The van der Waals surface area contributed by atoms with Crippen LogP contribution in [0.2, 0.25) is 0 Å². The van der Waals surface area contributed by atoms with Crippen LogP contribution in [0.5, 0.6) is 0 Å². The molecule has 1 N–H and O–H groups in total. The number of rotatable bonds is 2. The van der Waals surface area contributed by atoms with Crippen molar-refractivity contribution in [1.29, 1.82) is 0 Å². The summed E-state index contributed by atoms with van der Waals surface area (Å²) >= 11 is 0. The largest absolute Gasteiger partial charge is 0.375 e. The Morgan fingerprint density at radius 2 is 2.26 bits per heavy atom. The molecule has 0 aliphatic heterocycles. The summed E-state index contributed by atoms with van der Waals surface area (Å²) in [6.45, 7) is 0. The van der Waals surface area contributed by atoms with E-state index in [1.54, 1.807) is 17.7 Å². The van der Waals surface area contributed by atoms with Crippen LogP contribution in [0.3, 0.4) is 0 Å². The Labute approximate surface area is 112 Å². The summed E-state index contributed by atoms with van der Waals surface area (Å²) in [6, 6.07) is 7.80. The summed E-state index contributed by atoms with van der Waals surface area (Å²) in [5.41, 5.74) is 3.44. The van der Waals surface area contributed by atoms with Crippen LogP contribution in [0.25, 0.3) is 0 Å². The van der Waals surface area contributed by atoms with Crippen LogP contribution in [0.4, 0.5) is 5.69 Å². The van der Waals surface area contributed by atoms with E-state index in [0.717, 1.165) is 24.2 Å². The number of anilines is 1. The Morgan fingerprint density at radius 1 is 1.37 bits per heavy atom. The molecule has 98 valence electrons. The van der Waals surface area contributed by atoms with Crippen LogP contribution >= 0.6 is 0 Å². The molecular formula is C15H17N3O. The number of pyridine rings is 2. The van der Waals surface area contributed by atoms with E-state index < -0.39 is 0 Å². The molecule has 19 heavy (non-hydrogen) atoms. The lowest BCUT2D eigenvalue weighted by Gasteiger charge is -2.26. The molecule has 2 aromatic rings. The molecule has 2 aromatic heterocycles. The molecular weight excluding hydrogens is 238 g/mol. The van der Waals surface area contributed by atoms with Crippen LogP contribution in [0.15, 0.2) is 41.5 Å². The van der Waals surface area contributed by atoms with Gasteiger partial charge in [-0.3, -0.25) is 9.78 Å². The fourth-order valence-corrected chi connectivity index (χ4v) is 2.63. The van der Waals surface area contributed by atoms with Gasteiger partial charge in [0.25, 0.3) is 0 Å². The van der Waals surface area contributed by atoms with Gasteiger partial charge in [0.2, 0.25) is 5.56 Å². The minimum absolute atomic E-state index is 0.00715. The van der Waals surface area contributed by atoms with E-state index in [0.29, 0.717) is 0 Å². The zero-order chi connectivity index (χ0) is 13.2. The average Bonchev–Trinajstić information content (AvgIpc) is 2.43. The molecule has 1 aliphatic carbocycles. The minimum Gasteiger partial charge on any atom is -0.375 e. The Hall–Kier alpha value is -2.10. The van der Waals surface area contributed by atoms with Crippen molar-refractivity contribution in [2.24, 2.45) is 7.05 Å². The predicted octanol–water partition coefficient (Wildman–Crippen LogP) is 2.27. The monoisotopic (exact) mass is 255 g/mol. The third-order valence-corrected chi connectivity index (χ3v) is 3.62. The number of fused-ring (bicyclic) bond motifs is 1. The van der Waals surface area contributed by atoms with Crippen molar-refractivity contribution < 1.29 is 0 Å². The Kier molecular flexibility index (Phi) is 3.07. The van der Waals surface area contributed by atoms with Crippen molar-refractivity contribution in [3.8, 4) is 0 Å². The Bertz CT molecular complexity index is 648. The zero-order valence-corrected chi connectivity index (χ0v) is 11.0. The molecule has 0 spiro atoms. The normalized spacial score (nSPS) is 17.8. The number of hydrogen-bond donors (Lipinski definition) is 1. The lowest BCUT2D eigenvalue weighted by Crippen LogP contribution is -2.21. The fourth-order valence-electron chi connectivity index (χ4n) is 2.63. The highest BCUT2D eigenvalue weighted by Gasteiger charge is 2.20. The van der Waals surface area contributed by atoms with Crippen LogP contribution in [0, 0.1) is 0 Å². The molecule has 0 aromatic carbocycles. The summed E-state index contributed by atoms with van der Waals surface area (Å²) in [5, 5.41) is 3.48. The van der Waals surface area contributed by atoms with E-state index >= 15 is 0 Å². The van der Waals surface area contributed by atoms with E-state index in [2.05, 4.69) is 16.4 Å². The lowest BCUT2D eigenvalue weighted by atomic mass is 9.92. The van der Waals surface area contributed by atoms with Crippen molar-refractivity contribution in [1.82, 2.24) is 9.55 Å². The van der Waals surface area contributed by atoms with Gasteiger partial charge >= 0.3 is 0 Å². The Morgan fingerprint density at radius 3 is 3.11 bits per heavy atom. The van der Waals surface area contributed by atoms with Crippen LogP contribution in [-0.4, -0.2) is 9.55 Å². The number of aryl methyl sites for hydroxylation is 2. The quantitative estimate of drug-likeness (QED) is 0.895. The molecule has 4 nitrogen and oxygen atoms in total. The second kappa shape index (κ2) is 4.88. The second-order valence-corrected chi connectivity index (χ2v) is 5.00. The van der Waals surface area contributed by atoms with Crippen molar-refractivity contribution in [2.45, 2.75) is 25.3 Å². The van der Waals surface area contributed by atoms with Gasteiger partial charge in [0.15, 0.2) is 0 Å². The second-order valence-electron chi connectivity index (χ2n) is 5.00. The third-order valence-electron chi connectivity index (χ3n) is 3.62. The van der Waals surface area contributed by atoms with Gasteiger partial charge in [-0.15, -0.1) is 0 Å². The number of aromatic nitrogens is 2. The zero-order valence-electron chi connectivity index (χ0n) is 11.0. The average molecular weight is 255 g/mol. The maximum atomic E-state index is 11.4. The number of nitrogens with one attached hydrogen (secondary N) is 1. The molecule has 0 radical (unpaired) electrons. The van der Waals surface area contributed by atoms with Crippen molar-refractivity contribution in [3.63, 3.8) is 0 Å². The standard InChI is InChI=1S/C15H17N3O/c1-18-10-12(7-8-14(18)19)17-13-6-2-4-11-5-3-9-16-15(11)13/h3,5,7-10,13,17H,2,4,6H2,1H3. The maximum absolute atomic E-state index is 11.4. The van der Waals surface area contributed by atoms with Crippen LogP contribution in [0.1, 0.15) is 30.1 Å². The lowest BCUT2D eigenvalue weighted by molar-refractivity contribution is 0.582. The summed E-state index contributed by atoms with van der Waals surface area (Å²) in [7, 11) is 1.76. The van der Waals surface area contributed by atoms with Gasteiger partial charge in [-0.05, 0) is 37.0 Å². The predicted molar refractivity (Wildman–Crippen MR) is 75.2 cm³/mol. The number of nitrogens with zero attached hydrogens (tertiary/aromatic N) is 2. The highest BCUT2D eigenvalue weighted by molar-refractivity contribution is 5.44. The van der Waals surface area contributed by atoms with Gasteiger partial charge in [-0.25, -0.2) is 0 Å².